The molecule has 0 saturated carbocycles. The molecule has 54 valence electrons. The van der Waals surface area contributed by atoms with Crippen molar-refractivity contribution in [3.63, 3.8) is 0 Å². The van der Waals surface area contributed by atoms with Crippen LogP contribution in [0.1, 0.15) is 19.8 Å². The van der Waals surface area contributed by atoms with Crippen molar-refractivity contribution in [2.45, 2.75) is 25.9 Å². The monoisotopic (exact) mass is 241 g/mol. The van der Waals surface area contributed by atoms with E-state index in [0.717, 1.165) is 12.8 Å². The molecule has 0 heterocycles. The molecular weight excluding hydrogens is 229 g/mol. The van der Waals surface area contributed by atoms with Crippen molar-refractivity contribution in [2.75, 3.05) is 7.11 Å². The molecule has 2 nitrogen and oxygen atoms in total. The van der Waals surface area contributed by atoms with Gasteiger partial charge in [-0.3, -0.25) is 0 Å². The molecule has 0 saturated heterocycles. The molecule has 3 heteroatoms. The number of hydrogen-bond donors (Lipinski definition) is 0. The summed E-state index contributed by atoms with van der Waals surface area (Å²) in [5.41, 5.74) is 0. The van der Waals surface area contributed by atoms with E-state index in [1.807, 2.05) is 29.1 Å². The summed E-state index contributed by atoms with van der Waals surface area (Å²) in [6.07, 6.45) is 4.20. The summed E-state index contributed by atoms with van der Waals surface area (Å²) in [4.78, 5) is 0. The van der Waals surface area contributed by atoms with E-state index < -0.39 is 0 Å². The van der Waals surface area contributed by atoms with Crippen LogP contribution in [-0.2, 0) is 4.74 Å². The molecule has 0 aliphatic heterocycles. The fraction of sp³-hybridized carbons (Fsp3) is 0.833. The van der Waals surface area contributed by atoms with Crippen molar-refractivity contribution in [2.24, 2.45) is 3.21 Å². The minimum Gasteiger partial charge on any atom is -0.381 e. The summed E-state index contributed by atoms with van der Waals surface area (Å²) in [5, 5.41) is 0. The first-order chi connectivity index (χ1) is 4.35. The summed E-state index contributed by atoms with van der Waals surface area (Å²) >= 11 is 1.97. The quantitative estimate of drug-likeness (QED) is 0.546. The largest absolute Gasteiger partial charge is 0.381 e. The standard InChI is InChI=1S/C6H12INO/c1-3-6(9-2)4-5-8-7/h5-6H,3-4H2,1-2H3. The van der Waals surface area contributed by atoms with E-state index in [2.05, 4.69) is 10.1 Å². The summed E-state index contributed by atoms with van der Waals surface area (Å²) in [6, 6.07) is 0. The lowest BCUT2D eigenvalue weighted by Gasteiger charge is -2.07. The highest BCUT2D eigenvalue weighted by Crippen LogP contribution is 1.99. The van der Waals surface area contributed by atoms with Gasteiger partial charge < -0.3 is 4.74 Å². The number of methoxy groups -OCH3 is 1. The van der Waals surface area contributed by atoms with E-state index in [-0.39, 0.29) is 0 Å². The van der Waals surface area contributed by atoms with Crippen LogP contribution in [-0.4, -0.2) is 19.4 Å². The SMILES string of the molecule is CCC(CC=NI)OC. The van der Waals surface area contributed by atoms with Gasteiger partial charge in [-0.15, -0.1) is 0 Å². The molecule has 0 aromatic heterocycles. The van der Waals surface area contributed by atoms with E-state index >= 15 is 0 Å². The van der Waals surface area contributed by atoms with Gasteiger partial charge >= 0.3 is 0 Å². The van der Waals surface area contributed by atoms with Crippen molar-refractivity contribution in [3.8, 4) is 0 Å². The Bertz CT molecular complexity index is 81.1. The van der Waals surface area contributed by atoms with Gasteiger partial charge in [-0.05, 0) is 6.42 Å². The second-order valence-corrected chi connectivity index (χ2v) is 2.34. The Balaban J connectivity index is 3.31. The third kappa shape index (κ3) is 4.84. The van der Waals surface area contributed by atoms with Gasteiger partial charge in [-0.25, -0.2) is 3.21 Å². The van der Waals surface area contributed by atoms with Crippen molar-refractivity contribution in [3.05, 3.63) is 0 Å². The van der Waals surface area contributed by atoms with Gasteiger partial charge in [-0.2, -0.15) is 0 Å². The van der Waals surface area contributed by atoms with Crippen LogP contribution < -0.4 is 0 Å². The molecule has 1 atom stereocenters. The van der Waals surface area contributed by atoms with E-state index in [1.165, 1.54) is 0 Å². The predicted octanol–water partition coefficient (Wildman–Crippen LogP) is 2.22. The summed E-state index contributed by atoms with van der Waals surface area (Å²) < 4.78 is 8.94. The fourth-order valence-electron chi connectivity index (χ4n) is 0.587. The van der Waals surface area contributed by atoms with Gasteiger partial charge in [0.1, 0.15) is 0 Å². The van der Waals surface area contributed by atoms with Crippen molar-refractivity contribution in [1.29, 1.82) is 0 Å². The molecule has 0 radical (unpaired) electrons. The molecule has 0 aromatic carbocycles. The van der Waals surface area contributed by atoms with Crippen molar-refractivity contribution < 1.29 is 4.74 Å². The topological polar surface area (TPSA) is 21.6 Å². The van der Waals surface area contributed by atoms with Crippen LogP contribution in [0.2, 0.25) is 0 Å². The van der Waals surface area contributed by atoms with Crippen LogP contribution in [0.4, 0.5) is 0 Å². The zero-order valence-corrected chi connectivity index (χ0v) is 7.96. The number of rotatable bonds is 4. The molecule has 0 rings (SSSR count). The molecule has 0 aliphatic carbocycles. The van der Waals surface area contributed by atoms with Gasteiger partial charge in [0.05, 0.1) is 29.0 Å². The normalized spacial score (nSPS) is 14.6. The highest BCUT2D eigenvalue weighted by molar-refractivity contribution is 14.1. The highest BCUT2D eigenvalue weighted by atomic mass is 127. The molecule has 0 fully saturated rings. The minimum absolute atomic E-state index is 0.350. The second-order valence-electron chi connectivity index (χ2n) is 1.78. The highest BCUT2D eigenvalue weighted by Gasteiger charge is 1.99. The molecule has 0 N–H and O–H groups in total. The average Bonchev–Trinajstić information content (AvgIpc) is 1.91. The van der Waals surface area contributed by atoms with Crippen LogP contribution >= 0.6 is 22.9 Å². The van der Waals surface area contributed by atoms with Crippen LogP contribution in [0.5, 0.6) is 0 Å². The van der Waals surface area contributed by atoms with Crippen LogP contribution in [0, 0.1) is 0 Å². The number of ether oxygens (including phenoxy) is 1. The molecule has 0 aromatic rings. The van der Waals surface area contributed by atoms with Crippen LogP contribution in [0.15, 0.2) is 3.21 Å². The smallest absolute Gasteiger partial charge is 0.0827 e. The Labute approximate surface area is 70.2 Å². The fourth-order valence-corrected chi connectivity index (χ4v) is 0.814. The lowest BCUT2D eigenvalue weighted by Crippen LogP contribution is -2.08. The minimum atomic E-state index is 0.350. The Hall–Kier alpha value is 0.360. The summed E-state index contributed by atoms with van der Waals surface area (Å²) in [7, 11) is 1.73. The molecule has 0 aliphatic rings. The van der Waals surface area contributed by atoms with Gasteiger partial charge in [0.2, 0.25) is 0 Å². The molecule has 0 spiro atoms. The Morgan fingerprint density at radius 1 is 1.78 bits per heavy atom. The number of nitrogens with zero attached hydrogens (tertiary/aromatic N) is 1. The summed E-state index contributed by atoms with van der Waals surface area (Å²) in [5.74, 6) is 0. The lowest BCUT2D eigenvalue weighted by atomic mass is 10.2. The first-order valence-electron chi connectivity index (χ1n) is 3.00. The maximum absolute atomic E-state index is 5.11. The predicted molar refractivity (Wildman–Crippen MR) is 48.2 cm³/mol. The maximum atomic E-state index is 5.11. The number of hydrogen-bond acceptors (Lipinski definition) is 2. The number of halogens is 1. The first kappa shape index (κ1) is 9.36. The lowest BCUT2D eigenvalue weighted by molar-refractivity contribution is 0.106. The van der Waals surface area contributed by atoms with E-state index in [4.69, 9.17) is 4.74 Å². The van der Waals surface area contributed by atoms with Crippen molar-refractivity contribution >= 4 is 29.1 Å². The zero-order chi connectivity index (χ0) is 7.11. The Morgan fingerprint density at radius 3 is 2.78 bits per heavy atom. The van der Waals surface area contributed by atoms with Gasteiger partial charge in [0.25, 0.3) is 0 Å². The molecule has 0 amide bonds. The van der Waals surface area contributed by atoms with Gasteiger partial charge in [0, 0.05) is 19.7 Å². The Kier molecular flexibility index (Phi) is 6.74. The van der Waals surface area contributed by atoms with Gasteiger partial charge in [-0.1, -0.05) is 6.92 Å². The zero-order valence-electron chi connectivity index (χ0n) is 5.80. The third-order valence-corrected chi connectivity index (χ3v) is 1.62. The maximum Gasteiger partial charge on any atom is 0.0827 e. The van der Waals surface area contributed by atoms with E-state index in [9.17, 15) is 0 Å². The first-order valence-corrected chi connectivity index (χ1v) is 3.97. The third-order valence-electron chi connectivity index (χ3n) is 1.23. The second kappa shape index (κ2) is 6.48. The van der Waals surface area contributed by atoms with E-state index in [0.29, 0.717) is 6.10 Å². The van der Waals surface area contributed by atoms with Gasteiger partial charge in [0.15, 0.2) is 0 Å². The molecule has 9 heavy (non-hydrogen) atoms. The molecule has 0 bridgehead atoms. The van der Waals surface area contributed by atoms with Crippen LogP contribution in [0.3, 0.4) is 0 Å². The average molecular weight is 241 g/mol. The molecular formula is C6H12INO. The van der Waals surface area contributed by atoms with Crippen molar-refractivity contribution in [1.82, 2.24) is 0 Å². The van der Waals surface area contributed by atoms with E-state index in [1.54, 1.807) is 7.11 Å². The summed E-state index contributed by atoms with van der Waals surface area (Å²) in [6.45, 7) is 2.11. The Morgan fingerprint density at radius 2 is 2.44 bits per heavy atom. The molecule has 1 unspecified atom stereocenters. The van der Waals surface area contributed by atoms with Crippen LogP contribution in [0.25, 0.3) is 0 Å².